The minimum absolute atomic E-state index is 0.232. The van der Waals surface area contributed by atoms with Crippen LogP contribution in [-0.2, 0) is 20.4 Å². The highest BCUT2D eigenvalue weighted by molar-refractivity contribution is 7.91. The summed E-state index contributed by atoms with van der Waals surface area (Å²) in [6, 6.07) is 11.1. The summed E-state index contributed by atoms with van der Waals surface area (Å²) in [4.78, 5) is 12.2. The Labute approximate surface area is 139 Å². The third-order valence-corrected chi connectivity index (χ3v) is 4.99. The molecule has 0 unspecified atom stereocenters. The first-order chi connectivity index (χ1) is 11.4. The average Bonchev–Trinajstić information content (AvgIpc) is 3.16. The molecule has 0 atom stereocenters. The predicted octanol–water partition coefficient (Wildman–Crippen LogP) is 1.53. The number of hydrogen-bond donors (Lipinski definition) is 0. The van der Waals surface area contributed by atoms with Crippen molar-refractivity contribution < 1.29 is 17.7 Å². The Morgan fingerprint density at radius 2 is 2.04 bits per heavy atom. The zero-order valence-corrected chi connectivity index (χ0v) is 14.0. The normalized spacial score (nSPS) is 14.7. The van der Waals surface area contributed by atoms with E-state index in [1.165, 1.54) is 5.01 Å². The van der Waals surface area contributed by atoms with E-state index in [0.29, 0.717) is 18.7 Å². The van der Waals surface area contributed by atoms with Crippen LogP contribution in [0, 0.1) is 6.92 Å². The summed E-state index contributed by atoms with van der Waals surface area (Å²) < 4.78 is 29.2. The highest BCUT2D eigenvalue weighted by atomic mass is 32.2. The second-order valence-corrected chi connectivity index (χ2v) is 7.71. The molecule has 1 aromatic heterocycles. The fourth-order valence-electron chi connectivity index (χ4n) is 2.49. The van der Waals surface area contributed by atoms with Gasteiger partial charge in [-0.3, -0.25) is 4.79 Å². The maximum absolute atomic E-state index is 12.2. The molecule has 7 nitrogen and oxygen atoms in total. The summed E-state index contributed by atoms with van der Waals surface area (Å²) >= 11 is 0. The second-order valence-electron chi connectivity index (χ2n) is 5.65. The van der Waals surface area contributed by atoms with Crippen LogP contribution in [0.3, 0.4) is 0 Å². The first-order valence-electron chi connectivity index (χ1n) is 7.49. The lowest BCUT2D eigenvalue weighted by molar-refractivity contribution is -0.127. The molecule has 126 valence electrons. The van der Waals surface area contributed by atoms with Crippen molar-refractivity contribution in [3.63, 3.8) is 0 Å². The lowest BCUT2D eigenvalue weighted by Gasteiger charge is -2.11. The number of amides is 1. The average molecular weight is 347 g/mol. The number of aryl methyl sites for hydroxylation is 1. The number of nitrogens with zero attached hydrogens (tertiary/aromatic N) is 3. The maximum atomic E-state index is 12.2. The fourth-order valence-corrected chi connectivity index (χ4v) is 3.68. The number of carbonyl (C=O) groups is 1. The van der Waals surface area contributed by atoms with E-state index in [1.807, 2.05) is 30.3 Å². The van der Waals surface area contributed by atoms with Crippen LogP contribution >= 0.6 is 0 Å². The van der Waals surface area contributed by atoms with Gasteiger partial charge in [0.05, 0.1) is 18.0 Å². The van der Waals surface area contributed by atoms with E-state index in [1.54, 1.807) is 13.0 Å². The van der Waals surface area contributed by atoms with Gasteiger partial charge in [0.2, 0.25) is 0 Å². The van der Waals surface area contributed by atoms with E-state index >= 15 is 0 Å². The molecular formula is C16H17N3O4S. The molecule has 8 heteroatoms. The quantitative estimate of drug-likeness (QED) is 0.818. The van der Waals surface area contributed by atoms with Crippen molar-refractivity contribution in [3.05, 3.63) is 53.4 Å². The number of hydrogen-bond acceptors (Lipinski definition) is 6. The minimum Gasteiger partial charge on any atom is -0.360 e. The van der Waals surface area contributed by atoms with Gasteiger partial charge in [-0.25, -0.2) is 13.4 Å². The maximum Gasteiger partial charge on any atom is 0.257 e. The summed E-state index contributed by atoms with van der Waals surface area (Å²) in [5, 5.41) is 9.13. The molecule has 0 saturated heterocycles. The van der Waals surface area contributed by atoms with Gasteiger partial charge in [0.15, 0.2) is 15.6 Å². The molecule has 2 aromatic rings. The van der Waals surface area contributed by atoms with Gasteiger partial charge >= 0.3 is 0 Å². The zero-order chi connectivity index (χ0) is 17.2. The highest BCUT2D eigenvalue weighted by Gasteiger charge is 2.27. The molecule has 0 fully saturated rings. The highest BCUT2D eigenvalue weighted by Crippen LogP contribution is 2.15. The van der Waals surface area contributed by atoms with Crippen molar-refractivity contribution in [3.8, 4) is 0 Å². The topological polar surface area (TPSA) is 92.8 Å². The van der Waals surface area contributed by atoms with Gasteiger partial charge in [0, 0.05) is 12.5 Å². The molecule has 0 bridgehead atoms. The Hall–Kier alpha value is -2.48. The Morgan fingerprint density at radius 3 is 2.71 bits per heavy atom. The van der Waals surface area contributed by atoms with Crippen LogP contribution in [0.5, 0.6) is 0 Å². The Bertz CT molecular complexity index is 872. The molecule has 0 aliphatic carbocycles. The first-order valence-corrected chi connectivity index (χ1v) is 9.31. The van der Waals surface area contributed by atoms with E-state index in [2.05, 4.69) is 10.3 Å². The molecule has 3 rings (SSSR count). The summed E-state index contributed by atoms with van der Waals surface area (Å²) in [6.45, 7) is 2.09. The van der Waals surface area contributed by atoms with Crippen molar-refractivity contribution in [1.82, 2.24) is 10.2 Å². The molecule has 0 radical (unpaired) electrons. The number of rotatable bonds is 5. The van der Waals surface area contributed by atoms with Crippen LogP contribution in [0.25, 0.3) is 0 Å². The van der Waals surface area contributed by atoms with Crippen molar-refractivity contribution >= 4 is 21.5 Å². The van der Waals surface area contributed by atoms with Crippen LogP contribution in [0.1, 0.15) is 23.4 Å². The number of sulfone groups is 1. The first kappa shape index (κ1) is 16.4. The van der Waals surface area contributed by atoms with Gasteiger partial charge < -0.3 is 4.52 Å². The van der Waals surface area contributed by atoms with Gasteiger partial charge in [-0.15, -0.1) is 0 Å². The SMILES string of the molecule is Cc1cc(CS(=O)(=O)CC(=O)N2CCC(c3ccccc3)=N2)on1. The minimum atomic E-state index is -3.63. The lowest BCUT2D eigenvalue weighted by atomic mass is 10.1. The molecule has 1 amide bonds. The Morgan fingerprint density at radius 1 is 1.29 bits per heavy atom. The third kappa shape index (κ3) is 3.88. The van der Waals surface area contributed by atoms with Gasteiger partial charge in [0.1, 0.15) is 11.5 Å². The van der Waals surface area contributed by atoms with Gasteiger partial charge in [-0.1, -0.05) is 35.5 Å². The van der Waals surface area contributed by atoms with E-state index in [-0.39, 0.29) is 11.5 Å². The molecule has 1 aromatic carbocycles. The largest absolute Gasteiger partial charge is 0.360 e. The predicted molar refractivity (Wildman–Crippen MR) is 88.0 cm³/mol. The second kappa shape index (κ2) is 6.56. The van der Waals surface area contributed by atoms with Crippen LogP contribution in [0.4, 0.5) is 0 Å². The summed E-state index contributed by atoms with van der Waals surface area (Å²) in [5.74, 6) is -1.24. The Kier molecular flexibility index (Phi) is 4.48. The zero-order valence-electron chi connectivity index (χ0n) is 13.2. The molecular weight excluding hydrogens is 330 g/mol. The van der Waals surface area contributed by atoms with Gasteiger partial charge in [-0.05, 0) is 12.5 Å². The van der Waals surface area contributed by atoms with Gasteiger partial charge in [0.25, 0.3) is 5.91 Å². The third-order valence-electron chi connectivity index (χ3n) is 3.58. The fraction of sp³-hybridized carbons (Fsp3) is 0.312. The summed E-state index contributed by atoms with van der Waals surface area (Å²) in [5.41, 5.74) is 2.32. The molecule has 24 heavy (non-hydrogen) atoms. The van der Waals surface area contributed by atoms with Crippen molar-refractivity contribution in [1.29, 1.82) is 0 Å². The van der Waals surface area contributed by atoms with Crippen molar-refractivity contribution in [2.75, 3.05) is 12.3 Å². The van der Waals surface area contributed by atoms with Crippen molar-refractivity contribution in [2.24, 2.45) is 5.10 Å². The number of hydrazone groups is 1. The van der Waals surface area contributed by atoms with E-state index in [4.69, 9.17) is 4.52 Å². The summed E-state index contributed by atoms with van der Waals surface area (Å²) in [6.07, 6.45) is 0.608. The van der Waals surface area contributed by atoms with E-state index in [0.717, 1.165) is 11.3 Å². The van der Waals surface area contributed by atoms with Gasteiger partial charge in [-0.2, -0.15) is 5.10 Å². The van der Waals surface area contributed by atoms with Crippen LogP contribution in [0.15, 0.2) is 46.0 Å². The number of aromatic nitrogens is 1. The number of carbonyl (C=O) groups excluding carboxylic acids is 1. The summed E-state index contributed by atoms with van der Waals surface area (Å²) in [7, 11) is -3.63. The number of benzene rings is 1. The monoisotopic (exact) mass is 347 g/mol. The molecule has 0 saturated carbocycles. The lowest BCUT2D eigenvalue weighted by Crippen LogP contribution is -2.30. The van der Waals surface area contributed by atoms with E-state index in [9.17, 15) is 13.2 Å². The van der Waals surface area contributed by atoms with Crippen LogP contribution in [0.2, 0.25) is 0 Å². The van der Waals surface area contributed by atoms with Crippen molar-refractivity contribution in [2.45, 2.75) is 19.1 Å². The molecule has 0 spiro atoms. The molecule has 0 N–H and O–H groups in total. The Balaban J connectivity index is 1.66. The van der Waals surface area contributed by atoms with Crippen LogP contribution < -0.4 is 0 Å². The molecule has 1 aliphatic rings. The van der Waals surface area contributed by atoms with E-state index < -0.39 is 21.5 Å². The molecule has 1 aliphatic heterocycles. The smallest absolute Gasteiger partial charge is 0.257 e. The molecule has 2 heterocycles. The van der Waals surface area contributed by atoms with Crippen LogP contribution in [-0.4, -0.2) is 42.5 Å². The standard InChI is InChI=1S/C16H17N3O4S/c1-12-9-14(23-18-12)10-24(21,22)11-16(20)19-8-7-15(17-19)13-5-3-2-4-6-13/h2-6,9H,7-8,10-11H2,1H3.